The number of amides is 2. The largest absolute Gasteiger partial charge is 0.497 e. The molecular formula is C37H48N2O3Si. The number of benzene rings is 2. The molecule has 43 heavy (non-hydrogen) atoms. The van der Waals surface area contributed by atoms with Crippen LogP contribution in [0.25, 0.3) is 0 Å². The minimum atomic E-state index is -1.76. The SMILES string of the molecule is CCCC[C@H]1Cc2cc(OC)ccc2[C@H](c2ccc(C(N)=O)c(C34CC5CC(CC(C5)C3)C4)c2)N1C(=O)C#C[Si](C)(C)C. The fourth-order valence-electron chi connectivity index (χ4n) is 9.30. The number of ether oxygens (including phenoxy) is 1. The van der Waals surface area contributed by atoms with Crippen LogP contribution in [-0.4, -0.2) is 37.9 Å². The maximum Gasteiger partial charge on any atom is 0.298 e. The quantitative estimate of drug-likeness (QED) is 0.272. The maximum absolute atomic E-state index is 14.2. The van der Waals surface area contributed by atoms with Crippen molar-refractivity contribution in [2.45, 2.75) is 108 Å². The van der Waals surface area contributed by atoms with E-state index in [9.17, 15) is 9.59 Å². The first-order chi connectivity index (χ1) is 20.5. The second kappa shape index (κ2) is 11.5. The molecule has 5 nitrogen and oxygen atoms in total. The molecule has 0 unspecified atom stereocenters. The first kappa shape index (κ1) is 30.0. The van der Waals surface area contributed by atoms with E-state index in [-0.39, 0.29) is 29.3 Å². The van der Waals surface area contributed by atoms with Crippen molar-refractivity contribution in [3.05, 3.63) is 64.2 Å². The lowest BCUT2D eigenvalue weighted by atomic mass is 9.47. The van der Waals surface area contributed by atoms with E-state index in [1.165, 1.54) is 24.8 Å². The molecule has 2 aromatic rings. The van der Waals surface area contributed by atoms with Crippen LogP contribution in [0.15, 0.2) is 36.4 Å². The minimum absolute atomic E-state index is 0.000615. The molecule has 7 rings (SSSR count). The zero-order chi connectivity index (χ0) is 30.5. The van der Waals surface area contributed by atoms with Crippen molar-refractivity contribution >= 4 is 19.9 Å². The Hall–Kier alpha value is -3.04. The zero-order valence-electron chi connectivity index (χ0n) is 26.7. The summed E-state index contributed by atoms with van der Waals surface area (Å²) in [4.78, 5) is 29.2. The topological polar surface area (TPSA) is 72.6 Å². The van der Waals surface area contributed by atoms with E-state index in [4.69, 9.17) is 10.5 Å². The van der Waals surface area contributed by atoms with Gasteiger partial charge in [-0.15, -0.1) is 5.54 Å². The van der Waals surface area contributed by atoms with Crippen LogP contribution in [0.5, 0.6) is 5.75 Å². The van der Waals surface area contributed by atoms with Crippen LogP contribution in [0.2, 0.25) is 19.6 Å². The van der Waals surface area contributed by atoms with Crippen LogP contribution < -0.4 is 10.5 Å². The van der Waals surface area contributed by atoms with E-state index >= 15 is 0 Å². The van der Waals surface area contributed by atoms with Gasteiger partial charge in [0.1, 0.15) is 13.8 Å². The Morgan fingerprint density at radius 3 is 2.28 bits per heavy atom. The highest BCUT2D eigenvalue weighted by Crippen LogP contribution is 2.61. The molecule has 1 heterocycles. The van der Waals surface area contributed by atoms with Gasteiger partial charge in [-0.05, 0) is 121 Å². The van der Waals surface area contributed by atoms with Crippen LogP contribution >= 0.6 is 0 Å². The lowest BCUT2D eigenvalue weighted by Gasteiger charge is -2.57. The van der Waals surface area contributed by atoms with E-state index in [0.717, 1.165) is 85.1 Å². The average molecular weight is 597 g/mol. The summed E-state index contributed by atoms with van der Waals surface area (Å²) < 4.78 is 5.64. The van der Waals surface area contributed by atoms with Gasteiger partial charge >= 0.3 is 0 Å². The van der Waals surface area contributed by atoms with Crippen LogP contribution in [0, 0.1) is 29.2 Å². The summed E-state index contributed by atoms with van der Waals surface area (Å²) in [5.41, 5.74) is 14.6. The van der Waals surface area contributed by atoms with Crippen molar-refractivity contribution in [2.75, 3.05) is 7.11 Å². The monoisotopic (exact) mass is 596 g/mol. The molecule has 2 N–H and O–H groups in total. The molecule has 4 aliphatic carbocycles. The average Bonchev–Trinajstić information content (AvgIpc) is 2.96. The number of unbranched alkanes of at least 4 members (excludes halogenated alkanes) is 1. The van der Waals surface area contributed by atoms with E-state index in [1.54, 1.807) is 7.11 Å². The second-order valence-corrected chi connectivity index (χ2v) is 19.8. The first-order valence-electron chi connectivity index (χ1n) is 16.5. The molecule has 6 heteroatoms. The number of hydrogen-bond acceptors (Lipinski definition) is 3. The van der Waals surface area contributed by atoms with Gasteiger partial charge in [-0.3, -0.25) is 9.59 Å². The molecule has 4 bridgehead atoms. The number of fused-ring (bicyclic) bond motifs is 1. The smallest absolute Gasteiger partial charge is 0.298 e. The lowest BCUT2D eigenvalue weighted by molar-refractivity contribution is -0.130. The van der Waals surface area contributed by atoms with E-state index in [2.05, 4.69) is 67.2 Å². The molecular weight excluding hydrogens is 549 g/mol. The van der Waals surface area contributed by atoms with E-state index in [0.29, 0.717) is 5.56 Å². The summed E-state index contributed by atoms with van der Waals surface area (Å²) in [6, 6.07) is 12.3. The summed E-state index contributed by atoms with van der Waals surface area (Å²) in [5.74, 6) is 5.73. The van der Waals surface area contributed by atoms with Gasteiger partial charge in [0.05, 0.1) is 13.2 Å². The predicted molar refractivity (Wildman–Crippen MR) is 175 cm³/mol. The van der Waals surface area contributed by atoms with Crippen molar-refractivity contribution in [3.63, 3.8) is 0 Å². The molecule has 2 aromatic carbocycles. The Morgan fingerprint density at radius 1 is 1.02 bits per heavy atom. The zero-order valence-corrected chi connectivity index (χ0v) is 27.7. The van der Waals surface area contributed by atoms with Gasteiger partial charge in [-0.25, -0.2) is 0 Å². The third-order valence-electron chi connectivity index (χ3n) is 10.7. The predicted octanol–water partition coefficient (Wildman–Crippen LogP) is 7.18. The molecule has 0 aromatic heterocycles. The Kier molecular flexibility index (Phi) is 8.00. The fraction of sp³-hybridized carbons (Fsp3) is 0.568. The number of nitrogens with two attached hydrogens (primary N) is 1. The molecule has 1 aliphatic heterocycles. The Labute approximate surface area is 259 Å². The van der Waals surface area contributed by atoms with Crippen molar-refractivity contribution in [1.82, 2.24) is 4.90 Å². The maximum atomic E-state index is 14.2. The van der Waals surface area contributed by atoms with Crippen LogP contribution in [0.1, 0.15) is 103 Å². The summed E-state index contributed by atoms with van der Waals surface area (Å²) in [5, 5.41) is 0. The number of carbonyl (C=O) groups excluding carboxylic acids is 2. The van der Waals surface area contributed by atoms with Crippen molar-refractivity contribution in [1.29, 1.82) is 0 Å². The Morgan fingerprint density at radius 2 is 1.70 bits per heavy atom. The second-order valence-electron chi connectivity index (χ2n) is 15.0. The molecule has 4 saturated carbocycles. The number of carbonyl (C=O) groups is 2. The van der Waals surface area contributed by atoms with Gasteiger partial charge in [-0.1, -0.05) is 57.6 Å². The standard InChI is InChI=1S/C37H48N2O3Si/c1-6-7-8-29-18-28-19-30(42-2)10-12-31(28)35(39(29)34(40)13-14-43(3,4)5)27-9-11-32(36(38)41)33(20-27)37-21-24-15-25(22-37)17-26(16-24)23-37/h9-12,19-20,24-26,29,35H,6-8,15-18,21-23H2,1-5H3,(H2,38,41)/t24?,25?,26?,29-,35-,37?/m0/s1. The van der Waals surface area contributed by atoms with Crippen LogP contribution in [0.4, 0.5) is 0 Å². The van der Waals surface area contributed by atoms with Gasteiger partial charge < -0.3 is 15.4 Å². The van der Waals surface area contributed by atoms with Crippen molar-refractivity contribution < 1.29 is 14.3 Å². The highest BCUT2D eigenvalue weighted by Gasteiger charge is 2.52. The van der Waals surface area contributed by atoms with E-state index in [1.807, 2.05) is 12.1 Å². The number of primary amides is 1. The Balaban J connectivity index is 1.52. The number of hydrogen-bond donors (Lipinski definition) is 1. The molecule has 0 radical (unpaired) electrons. The molecule has 5 aliphatic rings. The normalized spacial score (nSPS) is 29.0. The Bertz CT molecular complexity index is 1440. The molecule has 4 fully saturated rings. The van der Waals surface area contributed by atoms with Crippen LogP contribution in [-0.2, 0) is 16.6 Å². The van der Waals surface area contributed by atoms with Gasteiger partial charge in [0.2, 0.25) is 5.91 Å². The first-order valence-corrected chi connectivity index (χ1v) is 20.0. The number of rotatable bonds is 7. The van der Waals surface area contributed by atoms with Crippen LogP contribution in [0.3, 0.4) is 0 Å². The van der Waals surface area contributed by atoms with Crippen molar-refractivity contribution in [3.8, 4) is 17.2 Å². The summed E-state index contributed by atoms with van der Waals surface area (Å²) in [7, 11) is -0.0549. The molecule has 0 spiro atoms. The molecule has 0 saturated heterocycles. The van der Waals surface area contributed by atoms with Crippen molar-refractivity contribution in [2.24, 2.45) is 23.5 Å². The summed E-state index contributed by atoms with van der Waals surface area (Å²) in [6.45, 7) is 8.74. The fourth-order valence-corrected chi connectivity index (χ4v) is 9.78. The summed E-state index contributed by atoms with van der Waals surface area (Å²) >= 11 is 0. The highest BCUT2D eigenvalue weighted by molar-refractivity contribution is 6.84. The molecule has 2 atom stereocenters. The third kappa shape index (κ3) is 5.78. The van der Waals surface area contributed by atoms with E-state index < -0.39 is 8.07 Å². The number of nitrogens with zero attached hydrogens (tertiary/aromatic N) is 1. The third-order valence-corrected chi connectivity index (χ3v) is 11.6. The van der Waals surface area contributed by atoms with Gasteiger partial charge in [0.25, 0.3) is 5.91 Å². The lowest BCUT2D eigenvalue weighted by Crippen LogP contribution is -2.49. The highest BCUT2D eigenvalue weighted by atomic mass is 28.3. The molecule has 228 valence electrons. The molecule has 2 amide bonds. The minimum Gasteiger partial charge on any atom is -0.497 e. The van der Waals surface area contributed by atoms with Gasteiger partial charge in [0, 0.05) is 11.6 Å². The van der Waals surface area contributed by atoms with Gasteiger partial charge in [-0.2, -0.15) is 0 Å². The summed E-state index contributed by atoms with van der Waals surface area (Å²) in [6.07, 6.45) is 11.2. The number of methoxy groups -OCH3 is 1. The van der Waals surface area contributed by atoms with Gasteiger partial charge in [0.15, 0.2) is 0 Å².